The van der Waals surface area contributed by atoms with Crippen LogP contribution in [0.15, 0.2) is 30.3 Å². The minimum absolute atomic E-state index is 0.205. The summed E-state index contributed by atoms with van der Waals surface area (Å²) in [6, 6.07) is 10.1. The van der Waals surface area contributed by atoms with Crippen molar-refractivity contribution in [3.05, 3.63) is 35.9 Å². The van der Waals surface area contributed by atoms with Gasteiger partial charge in [0, 0.05) is 8.07 Å². The summed E-state index contributed by atoms with van der Waals surface area (Å²) in [6.07, 6.45) is -1.41. The average Bonchev–Trinajstić information content (AvgIpc) is 2.61. The van der Waals surface area contributed by atoms with Crippen molar-refractivity contribution in [1.82, 2.24) is 0 Å². The number of alkyl halides is 1. The molecular formula is C18H30FO6PSi. The van der Waals surface area contributed by atoms with Crippen LogP contribution in [-0.4, -0.2) is 53.3 Å². The molecule has 1 aromatic carbocycles. The van der Waals surface area contributed by atoms with Gasteiger partial charge in [-0.25, -0.2) is 4.39 Å². The van der Waals surface area contributed by atoms with Crippen LogP contribution in [0.4, 0.5) is 4.39 Å². The lowest BCUT2D eigenvalue weighted by Crippen LogP contribution is -2.24. The summed E-state index contributed by atoms with van der Waals surface area (Å²) in [6.45, 7) is 5.80. The molecule has 0 saturated carbocycles. The van der Waals surface area contributed by atoms with Crippen LogP contribution in [0.25, 0.3) is 0 Å². The first kappa shape index (κ1) is 24.0. The first-order valence-electron chi connectivity index (χ1n) is 8.84. The lowest BCUT2D eigenvalue weighted by atomic mass is 10.2. The molecule has 2 atom stereocenters. The van der Waals surface area contributed by atoms with Gasteiger partial charge in [-0.1, -0.05) is 50.0 Å². The van der Waals surface area contributed by atoms with Crippen molar-refractivity contribution in [2.75, 3.05) is 33.2 Å². The Balaban J connectivity index is 2.60. The molecule has 0 N–H and O–H groups in total. The van der Waals surface area contributed by atoms with E-state index in [1.807, 2.05) is 30.3 Å². The summed E-state index contributed by atoms with van der Waals surface area (Å²) in [4.78, 5) is 11.6. The van der Waals surface area contributed by atoms with Gasteiger partial charge in [0.15, 0.2) is 0 Å². The maximum atomic E-state index is 13.3. The van der Waals surface area contributed by atoms with E-state index < -0.39 is 40.6 Å². The van der Waals surface area contributed by atoms with Gasteiger partial charge in [-0.3, -0.25) is 9.36 Å². The molecule has 0 heterocycles. The second kappa shape index (κ2) is 11.7. The lowest BCUT2D eigenvalue weighted by molar-refractivity contribution is -0.137. The average molecular weight is 420 g/mol. The number of methoxy groups -OCH3 is 1. The Morgan fingerprint density at radius 1 is 1.19 bits per heavy atom. The third kappa shape index (κ3) is 10.8. The SMILES string of the molecule is COC(=O)CP(=O)(OCC[Si](C)(C)C)OC[C@@H](CF)OCc1ccccc1. The maximum absolute atomic E-state index is 13.3. The molecule has 0 fully saturated rings. The van der Waals surface area contributed by atoms with Crippen LogP contribution in [0.5, 0.6) is 0 Å². The molecule has 0 saturated heterocycles. The van der Waals surface area contributed by atoms with Crippen LogP contribution >= 0.6 is 7.60 Å². The quantitative estimate of drug-likeness (QED) is 0.270. The fraction of sp³-hybridized carbons (Fsp3) is 0.611. The molecule has 0 radical (unpaired) electrons. The predicted molar refractivity (Wildman–Crippen MR) is 106 cm³/mol. The molecule has 1 aromatic rings. The third-order valence-electron chi connectivity index (χ3n) is 3.65. The number of hydrogen-bond acceptors (Lipinski definition) is 6. The summed E-state index contributed by atoms with van der Waals surface area (Å²) in [7, 11) is -3.95. The molecular weight excluding hydrogens is 390 g/mol. The first-order valence-corrected chi connectivity index (χ1v) is 14.3. The number of halogens is 1. The smallest absolute Gasteiger partial charge is 0.341 e. The zero-order valence-electron chi connectivity index (χ0n) is 16.5. The van der Waals surface area contributed by atoms with E-state index in [-0.39, 0.29) is 19.8 Å². The zero-order chi connectivity index (χ0) is 20.3. The molecule has 0 aliphatic heterocycles. The molecule has 0 spiro atoms. The molecule has 0 aliphatic rings. The fourth-order valence-electron chi connectivity index (χ4n) is 1.96. The Morgan fingerprint density at radius 2 is 1.85 bits per heavy atom. The van der Waals surface area contributed by atoms with Gasteiger partial charge >= 0.3 is 13.6 Å². The Labute approximate surface area is 161 Å². The summed E-state index contributed by atoms with van der Waals surface area (Å²) < 4.78 is 46.9. The van der Waals surface area contributed by atoms with Crippen molar-refractivity contribution in [2.45, 2.75) is 38.4 Å². The van der Waals surface area contributed by atoms with Crippen LogP contribution in [0.2, 0.25) is 25.7 Å². The molecule has 1 unspecified atom stereocenters. The van der Waals surface area contributed by atoms with Crippen molar-refractivity contribution >= 4 is 21.6 Å². The van der Waals surface area contributed by atoms with Gasteiger partial charge < -0.3 is 18.5 Å². The van der Waals surface area contributed by atoms with Gasteiger partial charge in [-0.15, -0.1) is 0 Å². The topological polar surface area (TPSA) is 71.1 Å². The van der Waals surface area contributed by atoms with Gasteiger partial charge in [0.05, 0.1) is 26.9 Å². The number of rotatable bonds is 13. The van der Waals surface area contributed by atoms with E-state index in [1.54, 1.807) is 0 Å². The van der Waals surface area contributed by atoms with Crippen LogP contribution in [0.1, 0.15) is 5.56 Å². The van der Waals surface area contributed by atoms with Gasteiger partial charge in [-0.05, 0) is 11.6 Å². The number of ether oxygens (including phenoxy) is 2. The highest BCUT2D eigenvalue weighted by molar-refractivity contribution is 7.54. The lowest BCUT2D eigenvalue weighted by Gasteiger charge is -2.22. The number of carbonyl (C=O) groups is 1. The fourth-order valence-corrected chi connectivity index (χ4v) is 4.32. The molecule has 27 heavy (non-hydrogen) atoms. The van der Waals surface area contributed by atoms with Gasteiger partial charge in [0.1, 0.15) is 18.9 Å². The highest BCUT2D eigenvalue weighted by Gasteiger charge is 2.31. The molecule has 9 heteroatoms. The third-order valence-corrected chi connectivity index (χ3v) is 7.12. The van der Waals surface area contributed by atoms with Crippen LogP contribution in [0.3, 0.4) is 0 Å². The molecule has 0 aromatic heterocycles. The first-order chi connectivity index (χ1) is 12.7. The van der Waals surface area contributed by atoms with Crippen molar-refractivity contribution in [3.63, 3.8) is 0 Å². The highest BCUT2D eigenvalue weighted by atomic mass is 31.2. The number of hydrogen-bond donors (Lipinski definition) is 0. The largest absolute Gasteiger partial charge is 0.469 e. The zero-order valence-corrected chi connectivity index (χ0v) is 18.4. The van der Waals surface area contributed by atoms with Gasteiger partial charge in [0.2, 0.25) is 0 Å². The van der Waals surface area contributed by atoms with Crippen molar-refractivity contribution < 1.29 is 32.3 Å². The van der Waals surface area contributed by atoms with Gasteiger partial charge in [-0.2, -0.15) is 0 Å². The molecule has 0 bridgehead atoms. The summed E-state index contributed by atoms with van der Waals surface area (Å²) >= 11 is 0. The van der Waals surface area contributed by atoms with E-state index in [0.717, 1.165) is 11.6 Å². The minimum Gasteiger partial charge on any atom is -0.469 e. The summed E-state index contributed by atoms with van der Waals surface area (Å²) in [5, 5.41) is 0. The standard InChI is InChI=1S/C18H30FO6PSi/c1-22-18(20)15-26(21,24-10-11-27(2,3)4)25-14-17(12-19)23-13-16-8-6-5-7-9-16/h5-9,17H,10-15H2,1-4H3/t17-,26?/m1/s1. The molecule has 1 rings (SSSR count). The predicted octanol–water partition coefficient (Wildman–Crippen LogP) is 4.28. The maximum Gasteiger partial charge on any atom is 0.341 e. The Kier molecular flexibility index (Phi) is 10.4. The molecule has 0 aliphatic carbocycles. The number of carbonyl (C=O) groups excluding carboxylic acids is 1. The van der Waals surface area contributed by atoms with Gasteiger partial charge in [0.25, 0.3) is 0 Å². The molecule has 6 nitrogen and oxygen atoms in total. The number of benzene rings is 1. The monoisotopic (exact) mass is 420 g/mol. The van der Waals surface area contributed by atoms with Crippen molar-refractivity contribution in [3.8, 4) is 0 Å². The van der Waals surface area contributed by atoms with E-state index >= 15 is 0 Å². The Hall–Kier alpha value is -1.05. The number of esters is 1. The molecule has 154 valence electrons. The summed E-state index contributed by atoms with van der Waals surface area (Å²) in [5.41, 5.74) is 0.889. The van der Waals surface area contributed by atoms with E-state index in [4.69, 9.17) is 13.8 Å². The minimum atomic E-state index is -3.74. The normalized spacial score (nSPS) is 15.1. The van der Waals surface area contributed by atoms with Crippen LogP contribution < -0.4 is 0 Å². The van der Waals surface area contributed by atoms with Crippen LogP contribution in [-0.2, 0) is 34.5 Å². The van der Waals surface area contributed by atoms with E-state index in [0.29, 0.717) is 0 Å². The van der Waals surface area contributed by atoms with E-state index in [1.165, 1.54) is 7.11 Å². The highest BCUT2D eigenvalue weighted by Crippen LogP contribution is 2.48. The second-order valence-electron chi connectivity index (χ2n) is 7.36. The summed E-state index contributed by atoms with van der Waals surface area (Å²) in [5.74, 6) is -0.701. The van der Waals surface area contributed by atoms with Crippen molar-refractivity contribution in [2.24, 2.45) is 0 Å². The second-order valence-corrected chi connectivity index (χ2v) is 15.0. The van der Waals surface area contributed by atoms with Crippen molar-refractivity contribution in [1.29, 1.82) is 0 Å². The van der Waals surface area contributed by atoms with Crippen LogP contribution in [0, 0.1) is 0 Å². The molecule has 0 amide bonds. The Bertz CT molecular complexity index is 608. The van der Waals surface area contributed by atoms with E-state index in [9.17, 15) is 13.8 Å². The van der Waals surface area contributed by atoms with E-state index in [2.05, 4.69) is 24.4 Å². The Morgan fingerprint density at radius 3 is 2.41 bits per heavy atom.